The minimum Gasteiger partial charge on any atom is -0.481 e. The standard InChI is InChI=1S/C19H22FNO2/c1-4-15-7-5-6-8-18(15)23-14(3)19(22)21-13(2)16-9-11-17(20)12-10-16/h5-14H,4H2,1-3H3,(H,21,22)/t13-,14+/m1/s1. The molecule has 0 spiro atoms. The van der Waals surface area contributed by atoms with Crippen molar-refractivity contribution in [3.63, 3.8) is 0 Å². The van der Waals surface area contributed by atoms with Crippen LogP contribution >= 0.6 is 0 Å². The van der Waals surface area contributed by atoms with Crippen LogP contribution in [0, 0.1) is 5.82 Å². The maximum atomic E-state index is 12.9. The third kappa shape index (κ3) is 4.55. The van der Waals surface area contributed by atoms with Gasteiger partial charge in [-0.1, -0.05) is 37.3 Å². The smallest absolute Gasteiger partial charge is 0.261 e. The maximum absolute atomic E-state index is 12.9. The van der Waals surface area contributed by atoms with Crippen LogP contribution in [0.1, 0.15) is 37.9 Å². The molecular weight excluding hydrogens is 293 g/mol. The molecule has 4 heteroatoms. The molecule has 2 rings (SSSR count). The molecule has 0 aliphatic rings. The molecule has 0 aliphatic carbocycles. The summed E-state index contributed by atoms with van der Waals surface area (Å²) >= 11 is 0. The first-order chi connectivity index (χ1) is 11.0. The molecule has 0 heterocycles. The van der Waals surface area contributed by atoms with Crippen LogP contribution in [-0.2, 0) is 11.2 Å². The molecule has 3 nitrogen and oxygen atoms in total. The van der Waals surface area contributed by atoms with E-state index >= 15 is 0 Å². The highest BCUT2D eigenvalue weighted by Gasteiger charge is 2.18. The fourth-order valence-electron chi connectivity index (χ4n) is 2.32. The van der Waals surface area contributed by atoms with Crippen molar-refractivity contribution in [3.8, 4) is 5.75 Å². The predicted molar refractivity (Wildman–Crippen MR) is 88.9 cm³/mol. The van der Waals surface area contributed by atoms with Crippen molar-refractivity contribution in [2.24, 2.45) is 0 Å². The number of hydrogen-bond acceptors (Lipinski definition) is 2. The van der Waals surface area contributed by atoms with E-state index in [0.29, 0.717) is 0 Å². The summed E-state index contributed by atoms with van der Waals surface area (Å²) in [6, 6.07) is 13.6. The molecule has 0 radical (unpaired) electrons. The zero-order valence-corrected chi connectivity index (χ0v) is 13.7. The summed E-state index contributed by atoms with van der Waals surface area (Å²) in [5.41, 5.74) is 1.92. The Morgan fingerprint density at radius 3 is 2.43 bits per heavy atom. The summed E-state index contributed by atoms with van der Waals surface area (Å²) in [7, 11) is 0. The molecule has 23 heavy (non-hydrogen) atoms. The summed E-state index contributed by atoms with van der Waals surface area (Å²) in [4.78, 5) is 12.3. The van der Waals surface area contributed by atoms with Crippen molar-refractivity contribution in [1.29, 1.82) is 0 Å². The molecule has 2 aromatic carbocycles. The monoisotopic (exact) mass is 315 g/mol. The largest absolute Gasteiger partial charge is 0.481 e. The molecule has 0 saturated carbocycles. The van der Waals surface area contributed by atoms with Crippen LogP contribution in [0.15, 0.2) is 48.5 Å². The van der Waals surface area contributed by atoms with Crippen LogP contribution in [0.2, 0.25) is 0 Å². The summed E-state index contributed by atoms with van der Waals surface area (Å²) < 4.78 is 18.7. The van der Waals surface area contributed by atoms with Crippen LogP contribution in [0.4, 0.5) is 4.39 Å². The number of nitrogens with one attached hydrogen (secondary N) is 1. The lowest BCUT2D eigenvalue weighted by atomic mass is 10.1. The van der Waals surface area contributed by atoms with Gasteiger partial charge in [0.05, 0.1) is 6.04 Å². The highest BCUT2D eigenvalue weighted by atomic mass is 19.1. The van der Waals surface area contributed by atoms with E-state index in [1.165, 1.54) is 12.1 Å². The van der Waals surface area contributed by atoms with Gasteiger partial charge in [-0.25, -0.2) is 4.39 Å². The number of benzene rings is 2. The molecule has 1 N–H and O–H groups in total. The van der Waals surface area contributed by atoms with Crippen molar-refractivity contribution in [1.82, 2.24) is 5.32 Å². The van der Waals surface area contributed by atoms with Gasteiger partial charge in [0.2, 0.25) is 0 Å². The molecule has 2 atom stereocenters. The number of para-hydroxylation sites is 1. The lowest BCUT2D eigenvalue weighted by Crippen LogP contribution is -2.37. The van der Waals surface area contributed by atoms with Gasteiger partial charge in [-0.2, -0.15) is 0 Å². The van der Waals surface area contributed by atoms with E-state index in [2.05, 4.69) is 5.32 Å². The van der Waals surface area contributed by atoms with E-state index in [1.807, 2.05) is 38.1 Å². The second kappa shape index (κ2) is 7.77. The van der Waals surface area contributed by atoms with Crippen LogP contribution in [0.25, 0.3) is 0 Å². The van der Waals surface area contributed by atoms with E-state index in [1.54, 1.807) is 19.1 Å². The molecule has 0 bridgehead atoms. The minimum absolute atomic E-state index is 0.201. The molecular formula is C19H22FNO2. The van der Waals surface area contributed by atoms with Gasteiger partial charge in [0.15, 0.2) is 6.10 Å². The zero-order chi connectivity index (χ0) is 16.8. The Morgan fingerprint density at radius 1 is 1.13 bits per heavy atom. The van der Waals surface area contributed by atoms with Crippen molar-refractivity contribution in [2.45, 2.75) is 39.3 Å². The zero-order valence-electron chi connectivity index (χ0n) is 13.7. The topological polar surface area (TPSA) is 38.3 Å². The van der Waals surface area contributed by atoms with Gasteiger partial charge in [-0.3, -0.25) is 4.79 Å². The normalized spacial score (nSPS) is 13.2. The first kappa shape index (κ1) is 17.0. The van der Waals surface area contributed by atoms with E-state index in [-0.39, 0.29) is 17.8 Å². The molecule has 0 unspecified atom stereocenters. The molecule has 0 aromatic heterocycles. The lowest BCUT2D eigenvalue weighted by molar-refractivity contribution is -0.127. The summed E-state index contributed by atoms with van der Waals surface area (Å²) in [6.45, 7) is 5.63. The molecule has 0 fully saturated rings. The fourth-order valence-corrected chi connectivity index (χ4v) is 2.32. The van der Waals surface area contributed by atoms with Gasteiger partial charge in [0.25, 0.3) is 5.91 Å². The van der Waals surface area contributed by atoms with Crippen LogP contribution in [0.3, 0.4) is 0 Å². The first-order valence-corrected chi connectivity index (χ1v) is 7.81. The Morgan fingerprint density at radius 2 is 1.78 bits per heavy atom. The average Bonchev–Trinajstić information content (AvgIpc) is 2.55. The number of amides is 1. The lowest BCUT2D eigenvalue weighted by Gasteiger charge is -2.20. The summed E-state index contributed by atoms with van der Waals surface area (Å²) in [5, 5.41) is 2.89. The van der Waals surface area contributed by atoms with E-state index in [9.17, 15) is 9.18 Å². The Balaban J connectivity index is 1.98. The molecule has 1 amide bonds. The number of halogens is 1. The van der Waals surface area contributed by atoms with E-state index in [0.717, 1.165) is 23.3 Å². The van der Waals surface area contributed by atoms with Crippen molar-refractivity contribution >= 4 is 5.91 Å². The highest BCUT2D eigenvalue weighted by molar-refractivity contribution is 5.81. The summed E-state index contributed by atoms with van der Waals surface area (Å²) in [5.74, 6) is 0.236. The summed E-state index contributed by atoms with van der Waals surface area (Å²) in [6.07, 6.45) is 0.238. The minimum atomic E-state index is -0.606. The molecule has 0 saturated heterocycles. The first-order valence-electron chi connectivity index (χ1n) is 7.81. The number of ether oxygens (including phenoxy) is 1. The molecule has 2 aromatic rings. The number of aryl methyl sites for hydroxylation is 1. The Labute approximate surface area is 136 Å². The van der Waals surface area contributed by atoms with Crippen LogP contribution in [0.5, 0.6) is 5.75 Å². The second-order valence-electron chi connectivity index (χ2n) is 5.50. The van der Waals surface area contributed by atoms with Crippen LogP contribution < -0.4 is 10.1 Å². The van der Waals surface area contributed by atoms with Gasteiger partial charge in [-0.15, -0.1) is 0 Å². The second-order valence-corrected chi connectivity index (χ2v) is 5.50. The third-order valence-corrected chi connectivity index (χ3v) is 3.76. The third-order valence-electron chi connectivity index (χ3n) is 3.76. The van der Waals surface area contributed by atoms with Crippen molar-refractivity contribution in [3.05, 3.63) is 65.5 Å². The molecule has 0 aliphatic heterocycles. The van der Waals surface area contributed by atoms with E-state index in [4.69, 9.17) is 4.74 Å². The average molecular weight is 315 g/mol. The van der Waals surface area contributed by atoms with Gasteiger partial charge in [-0.05, 0) is 49.6 Å². The van der Waals surface area contributed by atoms with Gasteiger partial charge < -0.3 is 10.1 Å². The van der Waals surface area contributed by atoms with Crippen molar-refractivity contribution < 1.29 is 13.9 Å². The maximum Gasteiger partial charge on any atom is 0.261 e. The fraction of sp³-hybridized carbons (Fsp3) is 0.316. The highest BCUT2D eigenvalue weighted by Crippen LogP contribution is 2.20. The molecule has 122 valence electrons. The SMILES string of the molecule is CCc1ccccc1O[C@@H](C)C(=O)N[C@H](C)c1ccc(F)cc1. The van der Waals surface area contributed by atoms with Crippen molar-refractivity contribution in [2.75, 3.05) is 0 Å². The number of carbonyl (C=O) groups excluding carboxylic acids is 1. The number of carbonyl (C=O) groups is 1. The van der Waals surface area contributed by atoms with Gasteiger partial charge in [0, 0.05) is 0 Å². The van der Waals surface area contributed by atoms with Crippen LogP contribution in [-0.4, -0.2) is 12.0 Å². The number of hydrogen-bond donors (Lipinski definition) is 1. The quantitative estimate of drug-likeness (QED) is 0.874. The Kier molecular flexibility index (Phi) is 5.74. The van der Waals surface area contributed by atoms with E-state index < -0.39 is 6.10 Å². The van der Waals surface area contributed by atoms with Gasteiger partial charge >= 0.3 is 0 Å². The Hall–Kier alpha value is -2.36. The van der Waals surface area contributed by atoms with Gasteiger partial charge in [0.1, 0.15) is 11.6 Å². The predicted octanol–water partition coefficient (Wildman–Crippen LogP) is 4.03. The Bertz CT molecular complexity index is 655. The number of rotatable bonds is 6.